The van der Waals surface area contributed by atoms with Crippen molar-refractivity contribution in [1.82, 2.24) is 4.90 Å². The Kier molecular flexibility index (Phi) is 3.67. The highest BCUT2D eigenvalue weighted by atomic mass is 15.2. The van der Waals surface area contributed by atoms with Crippen molar-refractivity contribution in [2.24, 2.45) is 0 Å². The number of likely N-dealkylation sites (tertiary alicyclic amines) is 1. The molecule has 1 saturated heterocycles. The van der Waals surface area contributed by atoms with Crippen LogP contribution in [0, 0.1) is 11.3 Å². The highest BCUT2D eigenvalue weighted by Crippen LogP contribution is 2.37. The summed E-state index contributed by atoms with van der Waals surface area (Å²) in [5.74, 6) is 0. The number of anilines is 1. The maximum Gasteiger partial charge on any atom is 0.0846 e. The lowest BCUT2D eigenvalue weighted by Gasteiger charge is -2.40. The van der Waals surface area contributed by atoms with Crippen LogP contribution in [0.2, 0.25) is 0 Å². The molecule has 1 aliphatic carbocycles. The number of nitrogens with two attached hydrogens (primary N) is 1. The first kappa shape index (κ1) is 13.5. The molecule has 106 valence electrons. The first-order chi connectivity index (χ1) is 9.73. The van der Waals surface area contributed by atoms with Gasteiger partial charge in [-0.3, -0.25) is 0 Å². The van der Waals surface area contributed by atoms with Gasteiger partial charge in [-0.05, 0) is 43.4 Å². The average Bonchev–Trinajstić information content (AvgIpc) is 3.02. The van der Waals surface area contributed by atoms with Crippen molar-refractivity contribution in [3.63, 3.8) is 0 Å². The molecule has 1 aromatic rings. The van der Waals surface area contributed by atoms with Crippen molar-refractivity contribution >= 4 is 5.69 Å². The van der Waals surface area contributed by atoms with Crippen LogP contribution in [0.4, 0.5) is 5.69 Å². The van der Waals surface area contributed by atoms with Crippen LogP contribution in [0.5, 0.6) is 0 Å². The highest BCUT2D eigenvalue weighted by Gasteiger charge is 2.38. The molecule has 1 aromatic carbocycles. The summed E-state index contributed by atoms with van der Waals surface area (Å²) in [7, 11) is 0. The van der Waals surface area contributed by atoms with Crippen molar-refractivity contribution in [3.8, 4) is 6.07 Å². The predicted octanol–water partition coefficient (Wildman–Crippen LogP) is 3.07. The molecule has 0 atom stereocenters. The fourth-order valence-corrected chi connectivity index (χ4v) is 3.81. The van der Waals surface area contributed by atoms with Crippen molar-refractivity contribution < 1.29 is 0 Å². The van der Waals surface area contributed by atoms with Gasteiger partial charge in [0.05, 0.1) is 11.5 Å². The minimum Gasteiger partial charge on any atom is -0.399 e. The van der Waals surface area contributed by atoms with E-state index in [0.29, 0.717) is 0 Å². The van der Waals surface area contributed by atoms with Crippen LogP contribution in [-0.2, 0) is 5.41 Å². The normalized spacial score (nSPS) is 23.6. The Morgan fingerprint density at radius 1 is 1.10 bits per heavy atom. The van der Waals surface area contributed by atoms with Crippen LogP contribution < -0.4 is 5.73 Å². The molecule has 2 N–H and O–H groups in total. The quantitative estimate of drug-likeness (QED) is 0.839. The van der Waals surface area contributed by atoms with Gasteiger partial charge in [-0.15, -0.1) is 0 Å². The molecule has 0 unspecified atom stereocenters. The zero-order chi connectivity index (χ0) is 14.0. The number of nitrogens with zero attached hydrogens (tertiary/aromatic N) is 2. The largest absolute Gasteiger partial charge is 0.399 e. The van der Waals surface area contributed by atoms with Crippen LogP contribution in [0.1, 0.15) is 44.1 Å². The van der Waals surface area contributed by atoms with E-state index in [1.54, 1.807) is 0 Å². The van der Waals surface area contributed by atoms with Gasteiger partial charge in [-0.1, -0.05) is 25.0 Å². The molecule has 2 fully saturated rings. The van der Waals surface area contributed by atoms with E-state index < -0.39 is 0 Å². The van der Waals surface area contributed by atoms with Gasteiger partial charge in [0.2, 0.25) is 0 Å². The van der Waals surface area contributed by atoms with Gasteiger partial charge in [0, 0.05) is 24.8 Å². The molecule has 0 bridgehead atoms. The Balaban J connectivity index is 1.73. The molecule has 0 radical (unpaired) electrons. The molecule has 0 amide bonds. The standard InChI is InChI=1S/C17H23N3/c18-13-17(14-5-7-15(19)8-6-14)9-11-20(12-10-17)16-3-1-2-4-16/h5-8,16H,1-4,9-12,19H2. The summed E-state index contributed by atoms with van der Waals surface area (Å²) in [4.78, 5) is 2.61. The van der Waals surface area contributed by atoms with E-state index in [0.717, 1.165) is 43.2 Å². The van der Waals surface area contributed by atoms with Crippen LogP contribution >= 0.6 is 0 Å². The second-order valence-electron chi connectivity index (χ2n) is 6.29. The molecule has 20 heavy (non-hydrogen) atoms. The third-order valence-corrected chi connectivity index (χ3v) is 5.17. The molecule has 3 heteroatoms. The molecule has 2 aliphatic rings. The van der Waals surface area contributed by atoms with Gasteiger partial charge in [0.25, 0.3) is 0 Å². The SMILES string of the molecule is N#CC1(c2ccc(N)cc2)CCN(C2CCCC2)CC1. The van der Waals surface area contributed by atoms with Gasteiger partial charge in [0.15, 0.2) is 0 Å². The van der Waals surface area contributed by atoms with E-state index in [2.05, 4.69) is 11.0 Å². The monoisotopic (exact) mass is 269 g/mol. The van der Waals surface area contributed by atoms with Gasteiger partial charge < -0.3 is 10.6 Å². The zero-order valence-corrected chi connectivity index (χ0v) is 12.0. The smallest absolute Gasteiger partial charge is 0.0846 e. The topological polar surface area (TPSA) is 53.1 Å². The summed E-state index contributed by atoms with van der Waals surface area (Å²) in [6.45, 7) is 2.12. The maximum atomic E-state index is 9.72. The molecular weight excluding hydrogens is 246 g/mol. The Morgan fingerprint density at radius 2 is 1.70 bits per heavy atom. The number of nitriles is 1. The Labute approximate surface area is 121 Å². The minimum atomic E-state index is -0.303. The molecule has 0 spiro atoms. The first-order valence-corrected chi connectivity index (χ1v) is 7.75. The Bertz CT molecular complexity index is 486. The summed E-state index contributed by atoms with van der Waals surface area (Å²) in [5, 5.41) is 9.72. The number of benzene rings is 1. The lowest BCUT2D eigenvalue weighted by atomic mass is 9.73. The molecule has 1 aliphatic heterocycles. The molecule has 3 rings (SSSR count). The Hall–Kier alpha value is -1.53. The van der Waals surface area contributed by atoms with E-state index in [1.807, 2.05) is 24.3 Å². The van der Waals surface area contributed by atoms with E-state index in [1.165, 1.54) is 25.7 Å². The number of piperidine rings is 1. The number of hydrogen-bond donors (Lipinski definition) is 1. The Morgan fingerprint density at radius 3 is 2.25 bits per heavy atom. The summed E-state index contributed by atoms with van der Waals surface area (Å²) in [6, 6.07) is 11.3. The maximum absolute atomic E-state index is 9.72. The van der Waals surface area contributed by atoms with Crippen molar-refractivity contribution in [2.75, 3.05) is 18.8 Å². The van der Waals surface area contributed by atoms with Crippen LogP contribution in [0.3, 0.4) is 0 Å². The van der Waals surface area contributed by atoms with E-state index in [9.17, 15) is 5.26 Å². The van der Waals surface area contributed by atoms with Gasteiger partial charge >= 0.3 is 0 Å². The number of rotatable bonds is 2. The fraction of sp³-hybridized carbons (Fsp3) is 0.588. The van der Waals surface area contributed by atoms with Gasteiger partial charge in [-0.25, -0.2) is 0 Å². The zero-order valence-electron chi connectivity index (χ0n) is 12.0. The summed E-state index contributed by atoms with van der Waals surface area (Å²) < 4.78 is 0. The van der Waals surface area contributed by atoms with Crippen LogP contribution in [-0.4, -0.2) is 24.0 Å². The second-order valence-corrected chi connectivity index (χ2v) is 6.29. The first-order valence-electron chi connectivity index (χ1n) is 7.75. The average molecular weight is 269 g/mol. The molecule has 3 nitrogen and oxygen atoms in total. The fourth-order valence-electron chi connectivity index (χ4n) is 3.81. The minimum absolute atomic E-state index is 0.303. The number of nitrogen functional groups attached to an aromatic ring is 1. The highest BCUT2D eigenvalue weighted by molar-refractivity contribution is 5.43. The van der Waals surface area contributed by atoms with Crippen molar-refractivity contribution in [2.45, 2.75) is 50.0 Å². The lowest BCUT2D eigenvalue weighted by molar-refractivity contribution is 0.135. The predicted molar refractivity (Wildman–Crippen MR) is 81.2 cm³/mol. The van der Waals surface area contributed by atoms with E-state index in [-0.39, 0.29) is 5.41 Å². The van der Waals surface area contributed by atoms with Crippen molar-refractivity contribution in [3.05, 3.63) is 29.8 Å². The van der Waals surface area contributed by atoms with Crippen molar-refractivity contribution in [1.29, 1.82) is 5.26 Å². The lowest BCUT2D eigenvalue weighted by Crippen LogP contribution is -2.45. The van der Waals surface area contributed by atoms with Crippen LogP contribution in [0.15, 0.2) is 24.3 Å². The van der Waals surface area contributed by atoms with E-state index >= 15 is 0 Å². The molecule has 0 aromatic heterocycles. The summed E-state index contributed by atoms with van der Waals surface area (Å²) in [5.41, 5.74) is 7.36. The van der Waals surface area contributed by atoms with Gasteiger partial charge in [0.1, 0.15) is 0 Å². The third-order valence-electron chi connectivity index (χ3n) is 5.17. The summed E-state index contributed by atoms with van der Waals surface area (Å²) >= 11 is 0. The van der Waals surface area contributed by atoms with Crippen LogP contribution in [0.25, 0.3) is 0 Å². The molecule has 1 saturated carbocycles. The number of hydrogen-bond acceptors (Lipinski definition) is 3. The third kappa shape index (κ3) is 2.41. The second kappa shape index (κ2) is 5.46. The molecule has 1 heterocycles. The summed E-state index contributed by atoms with van der Waals surface area (Å²) in [6.07, 6.45) is 7.35. The molecular formula is C17H23N3. The van der Waals surface area contributed by atoms with E-state index in [4.69, 9.17) is 5.73 Å². The van der Waals surface area contributed by atoms with Gasteiger partial charge in [-0.2, -0.15) is 5.26 Å².